The minimum Gasteiger partial charge on any atom is -0.310 e. The zero-order valence-corrected chi connectivity index (χ0v) is 21.5. The number of aromatic nitrogens is 1. The first-order chi connectivity index (χ1) is 18.8. The molecule has 180 valence electrons. The van der Waals surface area contributed by atoms with E-state index in [9.17, 15) is 0 Å². The molecule has 0 fully saturated rings. The van der Waals surface area contributed by atoms with Gasteiger partial charge < -0.3 is 4.90 Å². The Balaban J connectivity index is 1.26. The van der Waals surface area contributed by atoms with Crippen LogP contribution in [0.3, 0.4) is 0 Å². The summed E-state index contributed by atoms with van der Waals surface area (Å²) in [4.78, 5) is 6.64. The van der Waals surface area contributed by atoms with Crippen LogP contribution in [0.5, 0.6) is 0 Å². The topological polar surface area (TPSA) is 16.1 Å². The molecule has 0 saturated heterocycles. The number of anilines is 3. The van der Waals surface area contributed by atoms with Gasteiger partial charge in [0.15, 0.2) is 0 Å². The average molecular weight is 505 g/mol. The fourth-order valence-corrected chi connectivity index (χ4v) is 6.18. The number of thiophene rings is 1. The van der Waals surface area contributed by atoms with Crippen LogP contribution in [0.15, 0.2) is 146 Å². The lowest BCUT2D eigenvalue weighted by Gasteiger charge is -2.25. The van der Waals surface area contributed by atoms with Crippen LogP contribution in [0.25, 0.3) is 42.4 Å². The molecule has 5 aromatic carbocycles. The van der Waals surface area contributed by atoms with E-state index < -0.39 is 0 Å². The quantitative estimate of drug-likeness (QED) is 0.232. The Morgan fingerprint density at radius 1 is 0.447 bits per heavy atom. The summed E-state index contributed by atoms with van der Waals surface area (Å²) in [7, 11) is 0. The van der Waals surface area contributed by atoms with Crippen molar-refractivity contribution in [1.82, 2.24) is 4.98 Å². The summed E-state index contributed by atoms with van der Waals surface area (Å²) in [6, 6.07) is 47.6. The van der Waals surface area contributed by atoms with Crippen molar-refractivity contribution in [2.45, 2.75) is 0 Å². The molecule has 38 heavy (non-hydrogen) atoms. The van der Waals surface area contributed by atoms with Gasteiger partial charge in [0.05, 0.1) is 4.70 Å². The number of nitrogens with zero attached hydrogens (tertiary/aromatic N) is 2. The fourth-order valence-electron chi connectivity index (χ4n) is 5.07. The van der Waals surface area contributed by atoms with Gasteiger partial charge in [-0.25, -0.2) is 0 Å². The molecule has 0 aliphatic rings. The SMILES string of the molecule is c1ccc(-c2ccc(-c3ccc(N(c4ccccc4)c4ccc5c(c4)sc4cnccc45)cc3)cc2)cc1. The number of benzene rings is 5. The van der Waals surface area contributed by atoms with E-state index in [0.717, 1.165) is 17.1 Å². The summed E-state index contributed by atoms with van der Waals surface area (Å²) in [6.07, 6.45) is 3.83. The van der Waals surface area contributed by atoms with Crippen LogP contribution >= 0.6 is 11.3 Å². The van der Waals surface area contributed by atoms with Gasteiger partial charge in [-0.1, -0.05) is 91.0 Å². The summed E-state index contributed by atoms with van der Waals surface area (Å²) in [6.45, 7) is 0. The number of fused-ring (bicyclic) bond motifs is 3. The van der Waals surface area contributed by atoms with E-state index >= 15 is 0 Å². The predicted molar refractivity (Wildman–Crippen MR) is 163 cm³/mol. The summed E-state index contributed by atoms with van der Waals surface area (Å²) in [5, 5.41) is 2.54. The van der Waals surface area contributed by atoms with Crippen molar-refractivity contribution in [2.75, 3.05) is 4.90 Å². The highest BCUT2D eigenvalue weighted by atomic mass is 32.1. The maximum atomic E-state index is 4.31. The van der Waals surface area contributed by atoms with Gasteiger partial charge in [-0.15, -0.1) is 11.3 Å². The zero-order valence-electron chi connectivity index (χ0n) is 20.7. The largest absolute Gasteiger partial charge is 0.310 e. The van der Waals surface area contributed by atoms with Crippen LogP contribution < -0.4 is 4.90 Å². The van der Waals surface area contributed by atoms with E-state index in [4.69, 9.17) is 0 Å². The van der Waals surface area contributed by atoms with Crippen LogP contribution in [0, 0.1) is 0 Å². The molecule has 0 bridgehead atoms. The molecule has 0 radical (unpaired) electrons. The lowest BCUT2D eigenvalue weighted by Crippen LogP contribution is -2.09. The Kier molecular flexibility index (Phi) is 5.69. The van der Waals surface area contributed by atoms with Crippen LogP contribution in [0.2, 0.25) is 0 Å². The van der Waals surface area contributed by atoms with Crippen molar-refractivity contribution < 1.29 is 0 Å². The molecule has 0 N–H and O–H groups in total. The fraction of sp³-hybridized carbons (Fsp3) is 0. The van der Waals surface area contributed by atoms with Crippen LogP contribution in [-0.2, 0) is 0 Å². The van der Waals surface area contributed by atoms with E-state index in [-0.39, 0.29) is 0 Å². The first-order valence-corrected chi connectivity index (χ1v) is 13.5. The normalized spacial score (nSPS) is 11.2. The van der Waals surface area contributed by atoms with E-state index in [1.54, 1.807) is 11.3 Å². The summed E-state index contributed by atoms with van der Waals surface area (Å²) >= 11 is 1.79. The monoisotopic (exact) mass is 504 g/mol. The highest BCUT2D eigenvalue weighted by Crippen LogP contribution is 2.40. The molecule has 2 heterocycles. The molecule has 0 spiro atoms. The van der Waals surface area contributed by atoms with Crippen LogP contribution in [0.1, 0.15) is 0 Å². The minimum atomic E-state index is 1.13. The number of hydrogen-bond donors (Lipinski definition) is 0. The van der Waals surface area contributed by atoms with Crippen molar-refractivity contribution in [3.63, 3.8) is 0 Å². The second-order valence-electron chi connectivity index (χ2n) is 9.32. The molecule has 2 nitrogen and oxygen atoms in total. The summed E-state index contributed by atoms with van der Waals surface area (Å²) in [5.41, 5.74) is 8.28. The molecular formula is C35H24N2S. The van der Waals surface area contributed by atoms with Gasteiger partial charge in [-0.05, 0) is 64.7 Å². The van der Waals surface area contributed by atoms with Gasteiger partial charge in [0.2, 0.25) is 0 Å². The third-order valence-electron chi connectivity index (χ3n) is 6.98. The first-order valence-electron chi connectivity index (χ1n) is 12.7. The molecule has 0 saturated carbocycles. The zero-order chi connectivity index (χ0) is 25.3. The van der Waals surface area contributed by atoms with Gasteiger partial charge in [0.1, 0.15) is 0 Å². The van der Waals surface area contributed by atoms with Gasteiger partial charge in [0, 0.05) is 44.9 Å². The summed E-state index contributed by atoms with van der Waals surface area (Å²) in [5.74, 6) is 0. The Labute approximate surface area is 226 Å². The number of para-hydroxylation sites is 1. The van der Waals surface area contributed by atoms with Gasteiger partial charge in [-0.3, -0.25) is 4.98 Å². The second kappa shape index (κ2) is 9.62. The third kappa shape index (κ3) is 4.13. The molecule has 7 aromatic rings. The maximum absolute atomic E-state index is 4.31. The molecule has 0 aliphatic carbocycles. The minimum absolute atomic E-state index is 1.13. The highest BCUT2D eigenvalue weighted by Gasteiger charge is 2.15. The van der Waals surface area contributed by atoms with Crippen molar-refractivity contribution >= 4 is 48.6 Å². The number of pyridine rings is 1. The smallest absolute Gasteiger partial charge is 0.0538 e. The maximum Gasteiger partial charge on any atom is 0.0538 e. The average Bonchev–Trinajstić information content (AvgIpc) is 3.37. The number of rotatable bonds is 5. The van der Waals surface area contributed by atoms with Gasteiger partial charge in [0.25, 0.3) is 0 Å². The van der Waals surface area contributed by atoms with E-state index in [1.807, 2.05) is 12.4 Å². The van der Waals surface area contributed by atoms with Gasteiger partial charge in [-0.2, -0.15) is 0 Å². The molecular weight excluding hydrogens is 480 g/mol. The van der Waals surface area contributed by atoms with Crippen molar-refractivity contribution in [3.05, 3.63) is 146 Å². The molecule has 0 amide bonds. The highest BCUT2D eigenvalue weighted by molar-refractivity contribution is 7.25. The Bertz CT molecular complexity index is 1840. The van der Waals surface area contributed by atoms with Crippen molar-refractivity contribution in [2.24, 2.45) is 0 Å². The molecule has 2 aromatic heterocycles. The van der Waals surface area contributed by atoms with E-state index in [2.05, 4.69) is 143 Å². The van der Waals surface area contributed by atoms with E-state index in [1.165, 1.54) is 42.4 Å². The molecule has 0 atom stereocenters. The van der Waals surface area contributed by atoms with Crippen molar-refractivity contribution in [1.29, 1.82) is 0 Å². The molecule has 0 aliphatic heterocycles. The Morgan fingerprint density at radius 3 is 1.66 bits per heavy atom. The lowest BCUT2D eigenvalue weighted by atomic mass is 10.00. The van der Waals surface area contributed by atoms with E-state index in [0.29, 0.717) is 0 Å². The van der Waals surface area contributed by atoms with Gasteiger partial charge >= 0.3 is 0 Å². The second-order valence-corrected chi connectivity index (χ2v) is 10.4. The molecule has 7 rings (SSSR count). The Morgan fingerprint density at radius 2 is 0.974 bits per heavy atom. The molecule has 0 unspecified atom stereocenters. The third-order valence-corrected chi connectivity index (χ3v) is 8.09. The van der Waals surface area contributed by atoms with Crippen LogP contribution in [-0.4, -0.2) is 4.98 Å². The van der Waals surface area contributed by atoms with Crippen molar-refractivity contribution in [3.8, 4) is 22.3 Å². The predicted octanol–water partition coefficient (Wildman–Crippen LogP) is 10.3. The molecule has 3 heteroatoms. The first kappa shape index (κ1) is 22.5. The standard InChI is InChI=1S/C35H24N2S/c1-3-7-25(8-4-1)26-11-13-27(14-12-26)28-15-17-30(18-16-28)37(29-9-5-2-6-10-29)31-19-20-32-33-21-22-36-24-35(33)38-34(32)23-31/h1-24H. The Hall–Kier alpha value is -4.73. The lowest BCUT2D eigenvalue weighted by molar-refractivity contribution is 1.29. The summed E-state index contributed by atoms with van der Waals surface area (Å²) < 4.78 is 2.48. The number of hydrogen-bond acceptors (Lipinski definition) is 3. The van der Waals surface area contributed by atoms with Crippen LogP contribution in [0.4, 0.5) is 17.1 Å².